The summed E-state index contributed by atoms with van der Waals surface area (Å²) in [5.74, 6) is -0.997. The number of benzene rings is 1. The van der Waals surface area contributed by atoms with Gasteiger partial charge < -0.3 is 15.0 Å². The van der Waals surface area contributed by atoms with E-state index in [-0.39, 0.29) is 11.7 Å². The number of fused-ring (bicyclic) bond motifs is 1. The number of hydrogen-bond donors (Lipinski definition) is 1. The van der Waals surface area contributed by atoms with E-state index in [0.717, 1.165) is 12.0 Å². The quantitative estimate of drug-likeness (QED) is 0.785. The van der Waals surface area contributed by atoms with Crippen LogP contribution >= 0.6 is 0 Å². The van der Waals surface area contributed by atoms with Crippen molar-refractivity contribution >= 4 is 17.5 Å². The summed E-state index contributed by atoms with van der Waals surface area (Å²) in [4.78, 5) is 30.3. The number of rotatable bonds is 3. The smallest absolute Gasteiger partial charge is 0.256 e. The number of nitrogens with zero attached hydrogens (tertiary/aromatic N) is 3. The minimum absolute atomic E-state index is 0.217. The van der Waals surface area contributed by atoms with Crippen LogP contribution in [0.1, 0.15) is 23.2 Å². The van der Waals surface area contributed by atoms with E-state index in [1.54, 1.807) is 41.1 Å². The molecule has 1 aliphatic rings. The van der Waals surface area contributed by atoms with Crippen molar-refractivity contribution < 1.29 is 14.0 Å². The van der Waals surface area contributed by atoms with Gasteiger partial charge in [-0.3, -0.25) is 9.59 Å². The van der Waals surface area contributed by atoms with Crippen LogP contribution in [0.2, 0.25) is 0 Å². The van der Waals surface area contributed by atoms with Crippen LogP contribution < -0.4 is 5.73 Å². The van der Waals surface area contributed by atoms with E-state index in [4.69, 9.17) is 5.73 Å². The second-order valence-corrected chi connectivity index (χ2v) is 6.38. The van der Waals surface area contributed by atoms with Gasteiger partial charge in [0.25, 0.3) is 5.91 Å². The molecule has 4 rings (SSSR count). The highest BCUT2D eigenvalue weighted by Crippen LogP contribution is 2.22. The summed E-state index contributed by atoms with van der Waals surface area (Å²) in [5, 5.41) is 0. The van der Waals surface area contributed by atoms with Gasteiger partial charge in [0.2, 0.25) is 5.91 Å². The third kappa shape index (κ3) is 2.81. The van der Waals surface area contributed by atoms with Gasteiger partial charge in [-0.05, 0) is 49.2 Å². The lowest BCUT2D eigenvalue weighted by atomic mass is 10.2. The van der Waals surface area contributed by atoms with Gasteiger partial charge in [-0.15, -0.1) is 0 Å². The number of carbonyl (C=O) groups is 2. The summed E-state index contributed by atoms with van der Waals surface area (Å²) in [6, 6.07) is 8.97. The Morgan fingerprint density at radius 1 is 1.12 bits per heavy atom. The zero-order valence-electron chi connectivity index (χ0n) is 13.9. The van der Waals surface area contributed by atoms with Crippen molar-refractivity contribution in [2.24, 2.45) is 5.73 Å². The number of hydrogen-bond acceptors (Lipinski definition) is 3. The Morgan fingerprint density at radius 2 is 1.88 bits per heavy atom. The molecule has 0 aliphatic carbocycles. The molecule has 3 aromatic rings. The van der Waals surface area contributed by atoms with Crippen LogP contribution in [0.3, 0.4) is 0 Å². The van der Waals surface area contributed by atoms with E-state index in [1.165, 1.54) is 17.0 Å². The van der Waals surface area contributed by atoms with Crippen molar-refractivity contribution in [3.05, 3.63) is 60.2 Å². The lowest BCUT2D eigenvalue weighted by molar-refractivity contribution is -0.121. The lowest BCUT2D eigenvalue weighted by Gasteiger charge is -2.22. The Hall–Kier alpha value is -3.22. The summed E-state index contributed by atoms with van der Waals surface area (Å²) < 4.78 is 14.8. The van der Waals surface area contributed by atoms with E-state index >= 15 is 0 Å². The van der Waals surface area contributed by atoms with E-state index in [2.05, 4.69) is 4.98 Å². The molecule has 3 heterocycles. The largest absolute Gasteiger partial charge is 0.368 e. The zero-order chi connectivity index (χ0) is 18.3. The Kier molecular flexibility index (Phi) is 3.91. The highest BCUT2D eigenvalue weighted by atomic mass is 19.1. The van der Waals surface area contributed by atoms with Gasteiger partial charge in [0.1, 0.15) is 17.5 Å². The van der Waals surface area contributed by atoms with Crippen molar-refractivity contribution in [1.29, 1.82) is 0 Å². The van der Waals surface area contributed by atoms with Gasteiger partial charge in [0.15, 0.2) is 0 Å². The third-order valence-electron chi connectivity index (χ3n) is 4.68. The Balaban J connectivity index is 1.66. The molecule has 1 saturated heterocycles. The SMILES string of the molecule is NC(=O)[C@H]1CCCN1C(=O)c1ccc2nc(-c3ccc(F)cc3)cn2c1. The van der Waals surface area contributed by atoms with Crippen molar-refractivity contribution in [2.75, 3.05) is 6.54 Å². The molecule has 1 aromatic carbocycles. The van der Waals surface area contributed by atoms with Crippen LogP contribution in [-0.2, 0) is 4.79 Å². The fourth-order valence-corrected chi connectivity index (χ4v) is 3.35. The molecule has 0 bridgehead atoms. The summed E-state index contributed by atoms with van der Waals surface area (Å²) in [6.45, 7) is 0.523. The highest BCUT2D eigenvalue weighted by Gasteiger charge is 2.33. The standard InChI is InChI=1S/C19H17FN4O2/c20-14-6-3-12(4-7-14)15-11-23-10-13(5-8-17(23)22-15)19(26)24-9-1-2-16(24)18(21)25/h3-8,10-11,16H,1-2,9H2,(H2,21,25)/t16-/m1/s1. The molecule has 2 N–H and O–H groups in total. The molecular weight excluding hydrogens is 335 g/mol. The normalized spacial score (nSPS) is 17.0. The first-order valence-electron chi connectivity index (χ1n) is 8.38. The summed E-state index contributed by atoms with van der Waals surface area (Å²) in [7, 11) is 0. The average Bonchev–Trinajstić information content (AvgIpc) is 3.28. The maximum absolute atomic E-state index is 13.1. The molecule has 132 valence electrons. The lowest BCUT2D eigenvalue weighted by Crippen LogP contribution is -2.43. The molecule has 0 radical (unpaired) electrons. The number of aromatic nitrogens is 2. The number of imidazole rings is 1. The first-order valence-corrected chi connectivity index (χ1v) is 8.38. The van der Waals surface area contributed by atoms with Crippen molar-refractivity contribution in [3.63, 3.8) is 0 Å². The Labute approximate surface area is 149 Å². The van der Waals surface area contributed by atoms with Crippen LogP contribution in [0.15, 0.2) is 48.8 Å². The topological polar surface area (TPSA) is 80.7 Å². The number of carbonyl (C=O) groups excluding carboxylic acids is 2. The van der Waals surface area contributed by atoms with Crippen LogP contribution in [0.25, 0.3) is 16.9 Å². The second-order valence-electron chi connectivity index (χ2n) is 6.38. The monoisotopic (exact) mass is 352 g/mol. The molecule has 1 atom stereocenters. The van der Waals surface area contributed by atoms with Crippen LogP contribution in [0, 0.1) is 5.82 Å². The van der Waals surface area contributed by atoms with Crippen molar-refractivity contribution in [3.8, 4) is 11.3 Å². The average molecular weight is 352 g/mol. The molecule has 0 saturated carbocycles. The zero-order valence-corrected chi connectivity index (χ0v) is 13.9. The van der Waals surface area contributed by atoms with E-state index < -0.39 is 11.9 Å². The highest BCUT2D eigenvalue weighted by molar-refractivity contribution is 5.97. The summed E-state index contributed by atoms with van der Waals surface area (Å²) in [5.41, 5.74) is 8.01. The number of pyridine rings is 1. The third-order valence-corrected chi connectivity index (χ3v) is 4.68. The molecule has 1 fully saturated rings. The maximum atomic E-state index is 13.1. The van der Waals surface area contributed by atoms with Crippen molar-refractivity contribution in [1.82, 2.24) is 14.3 Å². The molecule has 6 nitrogen and oxygen atoms in total. The number of likely N-dealkylation sites (tertiary alicyclic amines) is 1. The van der Waals surface area contributed by atoms with E-state index in [9.17, 15) is 14.0 Å². The molecule has 0 unspecified atom stereocenters. The first-order chi connectivity index (χ1) is 12.5. The van der Waals surface area contributed by atoms with Gasteiger partial charge in [-0.1, -0.05) is 0 Å². The van der Waals surface area contributed by atoms with Crippen LogP contribution in [-0.4, -0.2) is 38.7 Å². The number of halogens is 1. The molecular formula is C19H17FN4O2. The number of amides is 2. The second kappa shape index (κ2) is 6.25. The molecule has 7 heteroatoms. The minimum atomic E-state index is -0.546. The van der Waals surface area contributed by atoms with Gasteiger partial charge >= 0.3 is 0 Å². The van der Waals surface area contributed by atoms with Gasteiger partial charge in [-0.2, -0.15) is 0 Å². The van der Waals surface area contributed by atoms with E-state index in [1.807, 2.05) is 0 Å². The fraction of sp³-hybridized carbons (Fsp3) is 0.211. The number of primary amides is 1. The van der Waals surface area contributed by atoms with Crippen LogP contribution in [0.5, 0.6) is 0 Å². The molecule has 2 amide bonds. The van der Waals surface area contributed by atoms with Gasteiger partial charge in [0, 0.05) is 24.5 Å². The molecule has 26 heavy (non-hydrogen) atoms. The first kappa shape index (κ1) is 16.3. The minimum Gasteiger partial charge on any atom is -0.368 e. The van der Waals surface area contributed by atoms with Gasteiger partial charge in [0.05, 0.1) is 11.3 Å². The van der Waals surface area contributed by atoms with Crippen LogP contribution in [0.4, 0.5) is 4.39 Å². The maximum Gasteiger partial charge on any atom is 0.256 e. The van der Waals surface area contributed by atoms with E-state index in [0.29, 0.717) is 29.9 Å². The molecule has 0 spiro atoms. The Bertz CT molecular complexity index is 996. The predicted molar refractivity (Wildman–Crippen MR) is 93.8 cm³/mol. The Morgan fingerprint density at radius 3 is 2.62 bits per heavy atom. The predicted octanol–water partition coefficient (Wildman–Crippen LogP) is 2.23. The fourth-order valence-electron chi connectivity index (χ4n) is 3.35. The van der Waals surface area contributed by atoms with Gasteiger partial charge in [-0.25, -0.2) is 9.37 Å². The molecule has 2 aromatic heterocycles. The molecule has 1 aliphatic heterocycles. The summed E-state index contributed by atoms with van der Waals surface area (Å²) in [6.07, 6.45) is 4.84. The summed E-state index contributed by atoms with van der Waals surface area (Å²) >= 11 is 0. The van der Waals surface area contributed by atoms with Crippen molar-refractivity contribution in [2.45, 2.75) is 18.9 Å². The number of nitrogens with two attached hydrogens (primary N) is 1.